The zero-order valence-corrected chi connectivity index (χ0v) is 16.1. The van der Waals surface area contributed by atoms with E-state index in [1.54, 1.807) is 0 Å². The minimum atomic E-state index is -2.99. The largest absolute Gasteiger partial charge is 0.369 e. The number of carbonyl (C=O) groups excluding carboxylic acids is 1. The zero-order valence-electron chi connectivity index (χ0n) is 15.3. The topological polar surface area (TPSA) is 80.5 Å². The molecule has 1 aliphatic heterocycles. The smallest absolute Gasteiger partial charge is 0.221 e. The maximum Gasteiger partial charge on any atom is 0.221 e. The highest BCUT2D eigenvalue weighted by atomic mass is 32.2. The van der Waals surface area contributed by atoms with E-state index in [1.807, 2.05) is 50.3 Å². The molecule has 1 aliphatic rings. The summed E-state index contributed by atoms with van der Waals surface area (Å²) in [6, 6.07) is 9.44. The quantitative estimate of drug-likeness (QED) is 0.842. The molecule has 0 fully saturated rings. The first-order valence-electron chi connectivity index (χ1n) is 8.16. The van der Waals surface area contributed by atoms with Crippen molar-refractivity contribution in [1.82, 2.24) is 4.31 Å². The number of primary amides is 1. The maximum absolute atomic E-state index is 11.1. The van der Waals surface area contributed by atoms with Crippen molar-refractivity contribution < 1.29 is 14.6 Å². The number of carbonyl (C=O) groups is 1. The van der Waals surface area contributed by atoms with Crippen LogP contribution in [0.25, 0.3) is 0 Å². The van der Waals surface area contributed by atoms with E-state index in [1.165, 1.54) is 16.1 Å². The molecule has 0 atom stereocenters. The van der Waals surface area contributed by atoms with Gasteiger partial charge in [0.05, 0.1) is 12.7 Å². The monoisotopic (exact) mass is 356 g/mol. The van der Waals surface area contributed by atoms with Gasteiger partial charge < -0.3 is 5.73 Å². The molecule has 24 heavy (non-hydrogen) atoms. The molecule has 2 rings (SSSR count). The van der Waals surface area contributed by atoms with Crippen LogP contribution in [0, 0.1) is 5.92 Å². The Morgan fingerprint density at radius 1 is 1.25 bits per heavy atom. The Kier molecular flexibility index (Phi) is 10.2. The predicted molar refractivity (Wildman–Crippen MR) is 102 cm³/mol. The van der Waals surface area contributed by atoms with Crippen molar-refractivity contribution in [3.05, 3.63) is 47.5 Å². The fourth-order valence-corrected chi connectivity index (χ4v) is 2.75. The van der Waals surface area contributed by atoms with Crippen LogP contribution in [0.5, 0.6) is 0 Å². The first kappa shape index (κ1) is 22.3. The van der Waals surface area contributed by atoms with Gasteiger partial charge in [0.2, 0.25) is 15.9 Å². The summed E-state index contributed by atoms with van der Waals surface area (Å²) in [5, 5.41) is 0. The molecule has 1 aromatic rings. The maximum atomic E-state index is 11.1. The molecule has 0 spiro atoms. The van der Waals surface area contributed by atoms with E-state index >= 15 is 0 Å². The van der Waals surface area contributed by atoms with E-state index in [-0.39, 0.29) is 7.33 Å². The Balaban J connectivity index is 0. The summed E-state index contributed by atoms with van der Waals surface area (Å²) < 4.78 is 23.7. The lowest BCUT2D eigenvalue weighted by Gasteiger charge is -2.13. The highest BCUT2D eigenvalue weighted by Gasteiger charge is 2.22. The van der Waals surface area contributed by atoms with Crippen LogP contribution in [0.4, 0.5) is 0 Å². The fraction of sp³-hybridized carbons (Fsp3) is 0.500. The van der Waals surface area contributed by atoms with Gasteiger partial charge in [-0.1, -0.05) is 69.7 Å². The lowest BCUT2D eigenvalue weighted by atomic mass is 10.1. The normalized spacial score (nSPS) is 14.2. The second-order valence-corrected chi connectivity index (χ2v) is 7.60. The van der Waals surface area contributed by atoms with Gasteiger partial charge in [-0.3, -0.25) is 4.79 Å². The zero-order chi connectivity index (χ0) is 18.8. The van der Waals surface area contributed by atoms with Gasteiger partial charge in [-0.2, -0.15) is 4.31 Å². The van der Waals surface area contributed by atoms with Gasteiger partial charge in [-0.15, -0.1) is 0 Å². The molecule has 0 aliphatic carbocycles. The van der Waals surface area contributed by atoms with E-state index in [0.717, 1.165) is 5.56 Å². The predicted octanol–water partition coefficient (Wildman–Crippen LogP) is 2.83. The molecule has 0 unspecified atom stereocenters. The third kappa shape index (κ3) is 8.84. The summed E-state index contributed by atoms with van der Waals surface area (Å²) in [5.74, 6) is 0.169. The summed E-state index contributed by atoms with van der Waals surface area (Å²) in [7, 11) is -2.99. The number of benzene rings is 1. The summed E-state index contributed by atoms with van der Waals surface area (Å²) in [6.07, 6.45) is 3.59. The van der Waals surface area contributed by atoms with Gasteiger partial charge in [0.1, 0.15) is 0 Å². The summed E-state index contributed by atoms with van der Waals surface area (Å²) in [6.45, 7) is 9.29. The molecule has 0 saturated heterocycles. The van der Waals surface area contributed by atoms with Gasteiger partial charge in [0.15, 0.2) is 0 Å². The van der Waals surface area contributed by atoms with E-state index in [0.29, 0.717) is 25.4 Å². The molecule has 0 saturated carbocycles. The first-order valence-corrected chi connectivity index (χ1v) is 10.0. The molecule has 6 heteroatoms. The second-order valence-electron chi connectivity index (χ2n) is 5.62. The SMILES string of the molecule is CC.CC(C)C1=CCN(S(C)(=O)=O)C1.NC(=O)Cc1ccccc1.[HH]. The molecule has 0 bridgehead atoms. The van der Waals surface area contributed by atoms with Gasteiger partial charge in [-0.25, -0.2) is 8.42 Å². The Hall–Kier alpha value is -1.66. The van der Waals surface area contributed by atoms with Crippen LogP contribution in [-0.4, -0.2) is 38.0 Å². The molecule has 1 heterocycles. The van der Waals surface area contributed by atoms with Crippen molar-refractivity contribution in [2.75, 3.05) is 19.3 Å². The minimum Gasteiger partial charge on any atom is -0.369 e. The van der Waals surface area contributed by atoms with Crippen molar-refractivity contribution >= 4 is 15.9 Å². The summed E-state index contributed by atoms with van der Waals surface area (Å²) >= 11 is 0. The Bertz CT molecular complexity index is 629. The van der Waals surface area contributed by atoms with E-state index in [2.05, 4.69) is 13.8 Å². The molecule has 1 aromatic carbocycles. The first-order chi connectivity index (χ1) is 11.2. The van der Waals surface area contributed by atoms with Crippen molar-refractivity contribution in [2.45, 2.75) is 34.1 Å². The Labute approximate surface area is 148 Å². The van der Waals surface area contributed by atoms with Crippen LogP contribution in [0.1, 0.15) is 34.7 Å². The minimum absolute atomic E-state index is 0. The van der Waals surface area contributed by atoms with Gasteiger partial charge in [0.25, 0.3) is 0 Å². The fourth-order valence-electron chi connectivity index (χ4n) is 2.02. The van der Waals surface area contributed by atoms with Crippen molar-refractivity contribution in [2.24, 2.45) is 11.7 Å². The molecular formula is C18H32N2O3S. The van der Waals surface area contributed by atoms with Crippen LogP contribution in [-0.2, 0) is 21.2 Å². The van der Waals surface area contributed by atoms with Gasteiger partial charge >= 0.3 is 0 Å². The molecule has 1 amide bonds. The molecule has 5 nitrogen and oxygen atoms in total. The van der Waals surface area contributed by atoms with Crippen molar-refractivity contribution in [1.29, 1.82) is 0 Å². The standard InChI is InChI=1S/C8H15NO2S.C8H9NO.C2H6.H2/c1-7(2)8-4-5-9(6-8)12(3,10)11;9-8(10)6-7-4-2-1-3-5-7;1-2;/h4,7H,5-6H2,1-3H3;1-5H,6H2,(H2,9,10);1-2H3;1H. The van der Waals surface area contributed by atoms with Crippen LogP contribution in [0.15, 0.2) is 42.0 Å². The van der Waals surface area contributed by atoms with Crippen molar-refractivity contribution in [3.63, 3.8) is 0 Å². The number of hydrogen-bond donors (Lipinski definition) is 1. The number of amides is 1. The number of nitrogens with two attached hydrogens (primary N) is 1. The lowest BCUT2D eigenvalue weighted by Crippen LogP contribution is -2.28. The van der Waals surface area contributed by atoms with E-state index in [9.17, 15) is 13.2 Å². The molecule has 0 aromatic heterocycles. The van der Waals surface area contributed by atoms with Crippen LogP contribution >= 0.6 is 0 Å². The van der Waals surface area contributed by atoms with Crippen molar-refractivity contribution in [3.8, 4) is 0 Å². The van der Waals surface area contributed by atoms with E-state index in [4.69, 9.17) is 5.73 Å². The molecule has 2 N–H and O–H groups in total. The van der Waals surface area contributed by atoms with Crippen LogP contribution < -0.4 is 5.73 Å². The Morgan fingerprint density at radius 3 is 2.12 bits per heavy atom. The lowest BCUT2D eigenvalue weighted by molar-refractivity contribution is -0.117. The Morgan fingerprint density at radius 2 is 1.79 bits per heavy atom. The van der Waals surface area contributed by atoms with Crippen LogP contribution in [0.2, 0.25) is 0 Å². The number of rotatable bonds is 4. The highest BCUT2D eigenvalue weighted by Crippen LogP contribution is 2.18. The van der Waals surface area contributed by atoms with Crippen LogP contribution in [0.3, 0.4) is 0 Å². The third-order valence-electron chi connectivity index (χ3n) is 3.35. The summed E-state index contributed by atoms with van der Waals surface area (Å²) in [5.41, 5.74) is 7.18. The second kappa shape index (κ2) is 11.0. The number of hydrogen-bond acceptors (Lipinski definition) is 3. The number of sulfonamides is 1. The number of nitrogens with zero attached hydrogens (tertiary/aromatic N) is 1. The average molecular weight is 357 g/mol. The summed E-state index contributed by atoms with van der Waals surface area (Å²) in [4.78, 5) is 10.4. The van der Waals surface area contributed by atoms with Gasteiger partial charge in [-0.05, 0) is 11.5 Å². The molecule has 138 valence electrons. The van der Waals surface area contributed by atoms with E-state index < -0.39 is 10.0 Å². The van der Waals surface area contributed by atoms with Gasteiger partial charge in [0, 0.05) is 14.5 Å². The average Bonchev–Trinajstić information content (AvgIpc) is 3.00. The third-order valence-corrected chi connectivity index (χ3v) is 4.56. The highest BCUT2D eigenvalue weighted by molar-refractivity contribution is 7.88. The molecular weight excluding hydrogens is 324 g/mol. The molecule has 0 radical (unpaired) electrons.